The van der Waals surface area contributed by atoms with Crippen LogP contribution in [0.2, 0.25) is 5.02 Å². The van der Waals surface area contributed by atoms with Crippen LogP contribution in [0.5, 0.6) is 0 Å². The van der Waals surface area contributed by atoms with E-state index in [-0.39, 0.29) is 6.04 Å². The lowest BCUT2D eigenvalue weighted by atomic mass is 10.0. The summed E-state index contributed by atoms with van der Waals surface area (Å²) < 4.78 is 2.23. The lowest BCUT2D eigenvalue weighted by Gasteiger charge is -2.12. The van der Waals surface area contributed by atoms with E-state index in [1.165, 1.54) is 0 Å². The molecule has 0 aliphatic heterocycles. The molecule has 1 aromatic carbocycles. The van der Waals surface area contributed by atoms with Gasteiger partial charge in [0.2, 0.25) is 0 Å². The zero-order valence-corrected chi connectivity index (χ0v) is 15.9. The van der Waals surface area contributed by atoms with Crippen molar-refractivity contribution in [3.8, 4) is 11.1 Å². The molecule has 0 radical (unpaired) electrons. The average molecular weight is 356 g/mol. The van der Waals surface area contributed by atoms with E-state index in [0.717, 1.165) is 32.9 Å². The smallest absolute Gasteiger partial charge is 0.166 e. The highest BCUT2D eigenvalue weighted by Gasteiger charge is 2.21. The highest BCUT2D eigenvalue weighted by atomic mass is 35.5. The molecule has 0 saturated carbocycles. The number of hydrogen-bond acceptors (Lipinski definition) is 3. The zero-order chi connectivity index (χ0) is 18.1. The molecular weight excluding hydrogens is 334 g/mol. The van der Waals surface area contributed by atoms with Crippen molar-refractivity contribution in [3.05, 3.63) is 41.3 Å². The Morgan fingerprint density at radius 1 is 1.16 bits per heavy atom. The Morgan fingerprint density at radius 3 is 2.44 bits per heavy atom. The quantitative estimate of drug-likeness (QED) is 0.495. The minimum absolute atomic E-state index is 0.282. The standard InChI is InChI=1S/C19H22ClN5/c1-12(2)25-13(3)16(14-6-8-15(20)9-7-14)17-18(23-11-24(4)5)21-10-22-19(17)25/h6-12H,1-5H3/b23-11+. The molecule has 0 fully saturated rings. The maximum atomic E-state index is 6.07. The molecule has 2 aromatic heterocycles. The van der Waals surface area contributed by atoms with Crippen LogP contribution in [0.3, 0.4) is 0 Å². The lowest BCUT2D eigenvalue weighted by Crippen LogP contribution is -2.07. The number of benzene rings is 1. The summed E-state index contributed by atoms with van der Waals surface area (Å²) in [6, 6.07) is 8.15. The molecule has 0 amide bonds. The van der Waals surface area contributed by atoms with Crippen molar-refractivity contribution in [3.63, 3.8) is 0 Å². The van der Waals surface area contributed by atoms with Crippen LogP contribution in [0.25, 0.3) is 22.2 Å². The molecule has 3 aromatic rings. The van der Waals surface area contributed by atoms with Crippen molar-refractivity contribution in [2.75, 3.05) is 14.1 Å². The molecule has 0 N–H and O–H groups in total. The number of nitrogens with zero attached hydrogens (tertiary/aromatic N) is 5. The summed E-state index contributed by atoms with van der Waals surface area (Å²) in [4.78, 5) is 15.4. The Balaban J connectivity index is 2.37. The zero-order valence-electron chi connectivity index (χ0n) is 15.2. The van der Waals surface area contributed by atoms with Gasteiger partial charge >= 0.3 is 0 Å². The number of halogens is 1. The third-order valence-corrected chi connectivity index (χ3v) is 4.32. The second-order valence-electron chi connectivity index (χ2n) is 6.54. The van der Waals surface area contributed by atoms with Crippen LogP contribution in [0, 0.1) is 6.92 Å². The van der Waals surface area contributed by atoms with Crippen molar-refractivity contribution in [2.45, 2.75) is 26.8 Å². The predicted octanol–water partition coefficient (Wildman–Crippen LogP) is 4.86. The number of aromatic nitrogens is 3. The van der Waals surface area contributed by atoms with Crippen LogP contribution in [-0.4, -0.2) is 39.9 Å². The third kappa shape index (κ3) is 3.24. The molecule has 0 aliphatic carbocycles. The monoisotopic (exact) mass is 355 g/mol. The van der Waals surface area contributed by atoms with Gasteiger partial charge in [-0.3, -0.25) is 0 Å². The van der Waals surface area contributed by atoms with Gasteiger partial charge in [-0.2, -0.15) is 0 Å². The largest absolute Gasteiger partial charge is 0.369 e. The molecule has 0 spiro atoms. The maximum Gasteiger partial charge on any atom is 0.166 e. The van der Waals surface area contributed by atoms with Crippen molar-refractivity contribution in [2.24, 2.45) is 4.99 Å². The van der Waals surface area contributed by atoms with Gasteiger partial charge in [-0.1, -0.05) is 23.7 Å². The van der Waals surface area contributed by atoms with Gasteiger partial charge < -0.3 is 9.47 Å². The fraction of sp³-hybridized carbons (Fsp3) is 0.316. The van der Waals surface area contributed by atoms with Gasteiger partial charge in [0.25, 0.3) is 0 Å². The first-order valence-corrected chi connectivity index (χ1v) is 8.60. The lowest BCUT2D eigenvalue weighted by molar-refractivity contribution is 0.603. The molecule has 5 nitrogen and oxygen atoms in total. The number of hydrogen-bond donors (Lipinski definition) is 0. The second kappa shape index (κ2) is 6.84. The topological polar surface area (TPSA) is 46.3 Å². The van der Waals surface area contributed by atoms with Crippen LogP contribution in [0.15, 0.2) is 35.6 Å². The molecule has 0 atom stereocenters. The molecule has 2 heterocycles. The van der Waals surface area contributed by atoms with Crippen molar-refractivity contribution in [1.29, 1.82) is 0 Å². The number of rotatable bonds is 4. The normalized spacial score (nSPS) is 11.8. The van der Waals surface area contributed by atoms with E-state index in [1.54, 1.807) is 12.7 Å². The highest BCUT2D eigenvalue weighted by molar-refractivity contribution is 6.30. The molecule has 6 heteroatoms. The summed E-state index contributed by atoms with van der Waals surface area (Å²) in [6.45, 7) is 6.43. The Morgan fingerprint density at radius 2 is 1.84 bits per heavy atom. The number of aliphatic imine (C=N–C) groups is 1. The minimum atomic E-state index is 0.282. The Bertz CT molecular complexity index is 923. The second-order valence-corrected chi connectivity index (χ2v) is 6.97. The molecule has 25 heavy (non-hydrogen) atoms. The molecule has 3 rings (SSSR count). The summed E-state index contributed by atoms with van der Waals surface area (Å²) in [5.41, 5.74) is 4.24. The van der Waals surface area contributed by atoms with Gasteiger partial charge in [0.15, 0.2) is 5.82 Å². The van der Waals surface area contributed by atoms with Crippen LogP contribution in [0.4, 0.5) is 5.82 Å². The van der Waals surface area contributed by atoms with Gasteiger partial charge in [-0.15, -0.1) is 0 Å². The molecule has 0 aliphatic rings. The molecule has 0 bridgehead atoms. The Labute approximate surface area is 153 Å². The summed E-state index contributed by atoms with van der Waals surface area (Å²) in [7, 11) is 3.87. The summed E-state index contributed by atoms with van der Waals surface area (Å²) in [5, 5.41) is 1.69. The van der Waals surface area contributed by atoms with Crippen molar-refractivity contribution >= 4 is 34.8 Å². The van der Waals surface area contributed by atoms with Gasteiger partial charge in [0.05, 0.1) is 11.7 Å². The van der Waals surface area contributed by atoms with Crippen LogP contribution < -0.4 is 0 Å². The van der Waals surface area contributed by atoms with Gasteiger partial charge in [-0.05, 0) is 38.5 Å². The van der Waals surface area contributed by atoms with Gasteiger partial charge in [-0.25, -0.2) is 15.0 Å². The van der Waals surface area contributed by atoms with Crippen LogP contribution >= 0.6 is 11.6 Å². The maximum absolute atomic E-state index is 6.07. The average Bonchev–Trinajstić information content (AvgIpc) is 2.86. The molecular formula is C19H22ClN5. The first-order chi connectivity index (χ1) is 11.9. The fourth-order valence-corrected chi connectivity index (χ4v) is 3.23. The first-order valence-electron chi connectivity index (χ1n) is 8.22. The molecule has 0 saturated heterocycles. The molecule has 0 unspecified atom stereocenters. The van der Waals surface area contributed by atoms with Crippen molar-refractivity contribution in [1.82, 2.24) is 19.4 Å². The van der Waals surface area contributed by atoms with Crippen LogP contribution in [0.1, 0.15) is 25.6 Å². The van der Waals surface area contributed by atoms with E-state index in [1.807, 2.05) is 43.3 Å². The van der Waals surface area contributed by atoms with E-state index < -0.39 is 0 Å². The van der Waals surface area contributed by atoms with Crippen LogP contribution in [-0.2, 0) is 0 Å². The first kappa shape index (κ1) is 17.4. The highest BCUT2D eigenvalue weighted by Crippen LogP contribution is 2.39. The minimum Gasteiger partial charge on any atom is -0.369 e. The summed E-state index contributed by atoms with van der Waals surface area (Å²) in [6.07, 6.45) is 3.34. The molecule has 130 valence electrons. The van der Waals surface area contributed by atoms with E-state index >= 15 is 0 Å². The van der Waals surface area contributed by atoms with E-state index in [9.17, 15) is 0 Å². The fourth-order valence-electron chi connectivity index (χ4n) is 3.10. The van der Waals surface area contributed by atoms with Gasteiger partial charge in [0, 0.05) is 36.4 Å². The summed E-state index contributed by atoms with van der Waals surface area (Å²) in [5.74, 6) is 0.672. The van der Waals surface area contributed by atoms with Gasteiger partial charge in [0.1, 0.15) is 12.0 Å². The Hall–Kier alpha value is -2.40. The van der Waals surface area contributed by atoms with Crippen molar-refractivity contribution < 1.29 is 0 Å². The number of fused-ring (bicyclic) bond motifs is 1. The van der Waals surface area contributed by atoms with E-state index in [0.29, 0.717) is 5.82 Å². The van der Waals surface area contributed by atoms with E-state index in [2.05, 4.69) is 40.3 Å². The predicted molar refractivity (Wildman–Crippen MR) is 105 cm³/mol. The summed E-state index contributed by atoms with van der Waals surface area (Å²) >= 11 is 6.07. The SMILES string of the molecule is Cc1c(-c2ccc(Cl)cc2)c2c(/N=C/N(C)C)ncnc2n1C(C)C. The third-order valence-electron chi connectivity index (χ3n) is 4.07. The van der Waals surface area contributed by atoms with E-state index in [4.69, 9.17) is 11.6 Å². The Kier molecular flexibility index (Phi) is 4.77.